The van der Waals surface area contributed by atoms with Crippen LogP contribution in [0.2, 0.25) is 0 Å². The van der Waals surface area contributed by atoms with E-state index < -0.39 is 0 Å². The van der Waals surface area contributed by atoms with E-state index in [1.165, 1.54) is 31.4 Å². The van der Waals surface area contributed by atoms with Crippen molar-refractivity contribution in [2.75, 3.05) is 18.1 Å². The Bertz CT molecular complexity index is 407. The van der Waals surface area contributed by atoms with Crippen molar-refractivity contribution in [1.29, 1.82) is 5.26 Å². The van der Waals surface area contributed by atoms with Gasteiger partial charge < -0.3 is 4.74 Å². The van der Waals surface area contributed by atoms with Crippen LogP contribution in [0, 0.1) is 17.2 Å². The zero-order valence-corrected chi connectivity index (χ0v) is 11.4. The lowest BCUT2D eigenvalue weighted by Gasteiger charge is -2.09. The van der Waals surface area contributed by atoms with Gasteiger partial charge in [0.25, 0.3) is 0 Å². The largest absolute Gasteiger partial charge is 0.491 e. The molecule has 1 aliphatic rings. The SMILES string of the molecule is N#Cc1ccccc1OCCSCC1CCCC1. The van der Waals surface area contributed by atoms with E-state index >= 15 is 0 Å². The fourth-order valence-corrected chi connectivity index (χ4v) is 3.36. The maximum Gasteiger partial charge on any atom is 0.137 e. The molecule has 2 rings (SSSR count). The van der Waals surface area contributed by atoms with Crippen molar-refractivity contribution in [2.24, 2.45) is 5.92 Å². The summed E-state index contributed by atoms with van der Waals surface area (Å²) in [5.74, 6) is 3.92. The molecule has 0 unspecified atom stereocenters. The van der Waals surface area contributed by atoms with Crippen molar-refractivity contribution >= 4 is 11.8 Å². The Labute approximate surface area is 113 Å². The van der Waals surface area contributed by atoms with Crippen molar-refractivity contribution in [3.63, 3.8) is 0 Å². The van der Waals surface area contributed by atoms with Gasteiger partial charge in [0.2, 0.25) is 0 Å². The molecule has 0 amide bonds. The molecule has 1 aromatic rings. The summed E-state index contributed by atoms with van der Waals surface area (Å²) in [4.78, 5) is 0. The van der Waals surface area contributed by atoms with Gasteiger partial charge in [-0.15, -0.1) is 0 Å². The molecule has 96 valence electrons. The van der Waals surface area contributed by atoms with E-state index in [1.807, 2.05) is 30.0 Å². The van der Waals surface area contributed by atoms with Crippen molar-refractivity contribution in [3.8, 4) is 11.8 Å². The van der Waals surface area contributed by atoms with E-state index in [4.69, 9.17) is 10.00 Å². The zero-order chi connectivity index (χ0) is 12.6. The average Bonchev–Trinajstić information content (AvgIpc) is 2.92. The van der Waals surface area contributed by atoms with Crippen LogP contribution < -0.4 is 4.74 Å². The van der Waals surface area contributed by atoms with E-state index in [9.17, 15) is 0 Å². The van der Waals surface area contributed by atoms with Crippen LogP contribution in [0.4, 0.5) is 0 Å². The van der Waals surface area contributed by atoms with Gasteiger partial charge in [-0.3, -0.25) is 0 Å². The fraction of sp³-hybridized carbons (Fsp3) is 0.533. The Hall–Kier alpha value is -1.14. The molecule has 0 aliphatic heterocycles. The quantitative estimate of drug-likeness (QED) is 0.729. The minimum absolute atomic E-state index is 0.623. The molecule has 3 heteroatoms. The van der Waals surface area contributed by atoms with Crippen LogP contribution in [-0.4, -0.2) is 18.1 Å². The van der Waals surface area contributed by atoms with E-state index in [1.54, 1.807) is 6.07 Å². The molecule has 1 saturated carbocycles. The Morgan fingerprint density at radius 3 is 2.83 bits per heavy atom. The van der Waals surface area contributed by atoms with Crippen LogP contribution in [0.15, 0.2) is 24.3 Å². The summed E-state index contributed by atoms with van der Waals surface area (Å²) in [6.45, 7) is 0.691. The lowest BCUT2D eigenvalue weighted by atomic mass is 10.1. The van der Waals surface area contributed by atoms with Gasteiger partial charge in [-0.25, -0.2) is 0 Å². The Kier molecular flexibility index (Phi) is 5.41. The standard InChI is InChI=1S/C15H19NOS/c16-11-14-7-3-4-8-15(14)17-9-10-18-12-13-5-1-2-6-13/h3-4,7-8,13H,1-2,5-6,9-10,12H2. The Balaban J connectivity index is 1.64. The molecule has 0 saturated heterocycles. The number of nitriles is 1. The fourth-order valence-electron chi connectivity index (χ4n) is 2.32. The summed E-state index contributed by atoms with van der Waals surface area (Å²) in [6.07, 6.45) is 5.64. The van der Waals surface area contributed by atoms with Gasteiger partial charge in [0.15, 0.2) is 0 Å². The summed E-state index contributed by atoms with van der Waals surface area (Å²) in [6, 6.07) is 9.57. The molecule has 0 spiro atoms. The molecule has 0 radical (unpaired) electrons. The predicted octanol–water partition coefficient (Wildman–Crippen LogP) is 3.86. The van der Waals surface area contributed by atoms with E-state index in [0.29, 0.717) is 17.9 Å². The summed E-state index contributed by atoms with van der Waals surface area (Å²) in [7, 11) is 0. The van der Waals surface area contributed by atoms with Crippen LogP contribution >= 0.6 is 11.8 Å². The van der Waals surface area contributed by atoms with Crippen molar-refractivity contribution < 1.29 is 4.74 Å². The van der Waals surface area contributed by atoms with Crippen LogP contribution in [0.3, 0.4) is 0 Å². The maximum atomic E-state index is 8.93. The lowest BCUT2D eigenvalue weighted by Crippen LogP contribution is -2.04. The van der Waals surface area contributed by atoms with E-state index in [2.05, 4.69) is 6.07 Å². The highest BCUT2D eigenvalue weighted by Gasteiger charge is 2.14. The van der Waals surface area contributed by atoms with Gasteiger partial charge in [-0.2, -0.15) is 17.0 Å². The van der Waals surface area contributed by atoms with Crippen LogP contribution in [-0.2, 0) is 0 Å². The van der Waals surface area contributed by atoms with E-state index in [-0.39, 0.29) is 0 Å². The molecule has 1 aliphatic carbocycles. The van der Waals surface area contributed by atoms with E-state index in [0.717, 1.165) is 11.7 Å². The highest BCUT2D eigenvalue weighted by atomic mass is 32.2. The first-order valence-corrected chi connectivity index (χ1v) is 7.75. The molecule has 0 heterocycles. The monoisotopic (exact) mass is 261 g/mol. The van der Waals surface area contributed by atoms with Gasteiger partial charge in [0.05, 0.1) is 12.2 Å². The number of hydrogen-bond acceptors (Lipinski definition) is 3. The third-order valence-corrected chi connectivity index (χ3v) is 4.48. The molecule has 1 aromatic carbocycles. The van der Waals surface area contributed by atoms with Gasteiger partial charge in [-0.1, -0.05) is 25.0 Å². The second kappa shape index (κ2) is 7.33. The summed E-state index contributed by atoms with van der Waals surface area (Å²) < 4.78 is 5.65. The summed E-state index contributed by atoms with van der Waals surface area (Å²) in [5, 5.41) is 8.93. The number of hydrogen-bond donors (Lipinski definition) is 0. The van der Waals surface area contributed by atoms with Crippen molar-refractivity contribution in [1.82, 2.24) is 0 Å². The second-order valence-electron chi connectivity index (χ2n) is 4.68. The topological polar surface area (TPSA) is 33.0 Å². The molecule has 2 nitrogen and oxygen atoms in total. The first-order chi connectivity index (χ1) is 8.90. The van der Waals surface area contributed by atoms with Gasteiger partial charge in [-0.05, 0) is 36.6 Å². The molecule has 0 aromatic heterocycles. The zero-order valence-electron chi connectivity index (χ0n) is 10.6. The van der Waals surface area contributed by atoms with Crippen LogP contribution in [0.25, 0.3) is 0 Å². The molecule has 1 fully saturated rings. The third-order valence-electron chi connectivity index (χ3n) is 3.32. The Morgan fingerprint density at radius 2 is 2.06 bits per heavy atom. The van der Waals surface area contributed by atoms with Crippen LogP contribution in [0.1, 0.15) is 31.2 Å². The second-order valence-corrected chi connectivity index (χ2v) is 5.83. The maximum absolute atomic E-state index is 8.93. The molecule has 18 heavy (non-hydrogen) atoms. The highest BCUT2D eigenvalue weighted by molar-refractivity contribution is 7.99. The summed E-state index contributed by atoms with van der Waals surface area (Å²) in [5.41, 5.74) is 0.623. The average molecular weight is 261 g/mol. The minimum atomic E-state index is 0.623. The molecule has 0 N–H and O–H groups in total. The molecule has 0 bridgehead atoms. The number of para-hydroxylation sites is 1. The van der Waals surface area contributed by atoms with Gasteiger partial charge in [0, 0.05) is 5.75 Å². The number of benzene rings is 1. The summed E-state index contributed by atoms with van der Waals surface area (Å²) >= 11 is 1.98. The first-order valence-electron chi connectivity index (χ1n) is 6.60. The number of rotatable bonds is 6. The molecular formula is C15H19NOS. The highest BCUT2D eigenvalue weighted by Crippen LogP contribution is 2.27. The number of thioether (sulfide) groups is 1. The predicted molar refractivity (Wildman–Crippen MR) is 75.9 cm³/mol. The van der Waals surface area contributed by atoms with Crippen LogP contribution in [0.5, 0.6) is 5.75 Å². The minimum Gasteiger partial charge on any atom is -0.491 e. The Morgan fingerprint density at radius 1 is 1.28 bits per heavy atom. The lowest BCUT2D eigenvalue weighted by molar-refractivity contribution is 0.343. The molecular weight excluding hydrogens is 242 g/mol. The van der Waals surface area contributed by atoms with Crippen molar-refractivity contribution in [3.05, 3.63) is 29.8 Å². The number of nitrogens with zero attached hydrogens (tertiary/aromatic N) is 1. The van der Waals surface area contributed by atoms with Crippen molar-refractivity contribution in [2.45, 2.75) is 25.7 Å². The first kappa shape index (κ1) is 13.3. The molecule has 0 atom stereocenters. The smallest absolute Gasteiger partial charge is 0.137 e. The van der Waals surface area contributed by atoms with Gasteiger partial charge >= 0.3 is 0 Å². The van der Waals surface area contributed by atoms with Gasteiger partial charge in [0.1, 0.15) is 11.8 Å². The number of ether oxygens (including phenoxy) is 1. The third kappa shape index (κ3) is 3.96. The normalized spacial score (nSPS) is 15.5.